The lowest BCUT2D eigenvalue weighted by Gasteiger charge is -2.26. The lowest BCUT2D eigenvalue weighted by Crippen LogP contribution is -2.23. The highest BCUT2D eigenvalue weighted by molar-refractivity contribution is 5.52. The van der Waals surface area contributed by atoms with Gasteiger partial charge in [-0.25, -0.2) is 4.98 Å². The molecule has 0 aromatic carbocycles. The second-order valence-electron chi connectivity index (χ2n) is 5.72. The highest BCUT2D eigenvalue weighted by Crippen LogP contribution is 2.28. The van der Waals surface area contributed by atoms with E-state index in [2.05, 4.69) is 17.1 Å². The third-order valence-corrected chi connectivity index (χ3v) is 4.44. The first-order chi connectivity index (χ1) is 9.34. The summed E-state index contributed by atoms with van der Waals surface area (Å²) in [6.07, 6.45) is 13.8. The number of imidazole rings is 1. The fourth-order valence-corrected chi connectivity index (χ4v) is 3.28. The fraction of sp³-hybridized carbons (Fsp3) is 0.562. The Morgan fingerprint density at radius 3 is 3.00 bits per heavy atom. The molecule has 2 heterocycles. The smallest absolute Gasteiger partial charge is 0.0992 e. The molecule has 2 aromatic heterocycles. The molecule has 2 aromatic rings. The van der Waals surface area contributed by atoms with Crippen molar-refractivity contribution in [3.8, 4) is 0 Å². The zero-order valence-electron chi connectivity index (χ0n) is 11.3. The molecule has 0 amide bonds. The topological polar surface area (TPSA) is 37.5 Å². The molecule has 1 atom stereocenters. The van der Waals surface area contributed by atoms with Gasteiger partial charge in [-0.3, -0.25) is 0 Å². The lowest BCUT2D eigenvalue weighted by molar-refractivity contribution is 0.0776. The number of hydrogen-bond acceptors (Lipinski definition) is 2. The van der Waals surface area contributed by atoms with Crippen LogP contribution in [-0.4, -0.2) is 20.6 Å². The number of rotatable bonds is 4. The van der Waals surface area contributed by atoms with Gasteiger partial charge >= 0.3 is 0 Å². The second kappa shape index (κ2) is 5.74. The quantitative estimate of drug-likeness (QED) is 0.914. The minimum absolute atomic E-state index is 0.136. The van der Waals surface area contributed by atoms with Gasteiger partial charge in [0.15, 0.2) is 0 Å². The average Bonchev–Trinajstić information content (AvgIpc) is 2.94. The summed E-state index contributed by atoms with van der Waals surface area (Å²) in [5.41, 5.74) is 2.45. The van der Waals surface area contributed by atoms with Gasteiger partial charge in [0.05, 0.1) is 24.1 Å². The van der Waals surface area contributed by atoms with Crippen molar-refractivity contribution in [2.24, 2.45) is 5.92 Å². The van der Waals surface area contributed by atoms with Gasteiger partial charge in [0.2, 0.25) is 0 Å². The van der Waals surface area contributed by atoms with E-state index in [9.17, 15) is 5.11 Å². The van der Waals surface area contributed by atoms with Gasteiger partial charge in [0, 0.05) is 6.20 Å². The van der Waals surface area contributed by atoms with E-state index in [0.717, 1.165) is 12.8 Å². The van der Waals surface area contributed by atoms with Crippen LogP contribution in [0.1, 0.15) is 44.1 Å². The average molecular weight is 258 g/mol. The van der Waals surface area contributed by atoms with Crippen LogP contribution in [0.25, 0.3) is 5.52 Å². The predicted molar refractivity (Wildman–Crippen MR) is 76.1 cm³/mol. The maximum absolute atomic E-state index is 10.3. The largest absolute Gasteiger partial charge is 0.393 e. The summed E-state index contributed by atoms with van der Waals surface area (Å²) in [4.78, 5) is 4.18. The Morgan fingerprint density at radius 1 is 1.32 bits per heavy atom. The molecular weight excluding hydrogens is 236 g/mol. The summed E-state index contributed by atoms with van der Waals surface area (Å²) in [5, 5.41) is 10.3. The van der Waals surface area contributed by atoms with Crippen LogP contribution in [0.4, 0.5) is 0 Å². The first kappa shape index (κ1) is 12.7. The third-order valence-electron chi connectivity index (χ3n) is 4.44. The number of aliphatic hydroxyl groups excluding tert-OH is 1. The third kappa shape index (κ3) is 2.81. The molecule has 0 aliphatic heterocycles. The van der Waals surface area contributed by atoms with Gasteiger partial charge in [-0.1, -0.05) is 25.3 Å². The highest BCUT2D eigenvalue weighted by Gasteiger charge is 2.21. The predicted octanol–water partition coefficient (Wildman–Crippen LogP) is 3.21. The summed E-state index contributed by atoms with van der Waals surface area (Å²) in [5.74, 6) is 0.526. The van der Waals surface area contributed by atoms with E-state index in [1.807, 2.05) is 23.1 Å². The number of fused-ring (bicyclic) bond motifs is 1. The van der Waals surface area contributed by atoms with E-state index in [4.69, 9.17) is 0 Å². The van der Waals surface area contributed by atoms with E-state index >= 15 is 0 Å². The number of aliphatic hydroxyl groups is 1. The van der Waals surface area contributed by atoms with E-state index in [1.54, 1.807) is 0 Å². The van der Waals surface area contributed by atoms with Crippen molar-refractivity contribution in [3.63, 3.8) is 0 Å². The van der Waals surface area contributed by atoms with Crippen molar-refractivity contribution in [2.45, 2.75) is 51.0 Å². The number of aryl methyl sites for hydroxylation is 1. The molecule has 0 radical (unpaired) electrons. The van der Waals surface area contributed by atoms with E-state index in [0.29, 0.717) is 5.92 Å². The number of pyridine rings is 1. The standard InChI is InChI=1S/C16H22N2O/c19-16(14-5-2-1-3-6-14)9-8-13-7-4-10-18-12-17-11-15(13)18/h4,7,10-12,14,16,19H,1-3,5-6,8-9H2. The number of aromatic nitrogens is 2. The minimum Gasteiger partial charge on any atom is -0.393 e. The summed E-state index contributed by atoms with van der Waals surface area (Å²) in [6, 6.07) is 4.20. The van der Waals surface area contributed by atoms with E-state index in [1.165, 1.54) is 43.2 Å². The van der Waals surface area contributed by atoms with Crippen molar-refractivity contribution in [1.82, 2.24) is 9.38 Å². The molecule has 1 unspecified atom stereocenters. The van der Waals surface area contributed by atoms with Crippen LogP contribution >= 0.6 is 0 Å². The molecule has 1 aliphatic rings. The molecule has 1 fully saturated rings. The second-order valence-corrected chi connectivity index (χ2v) is 5.72. The van der Waals surface area contributed by atoms with Crippen LogP contribution in [0.2, 0.25) is 0 Å². The number of nitrogens with zero attached hydrogens (tertiary/aromatic N) is 2. The van der Waals surface area contributed by atoms with Gasteiger partial charge in [0.1, 0.15) is 0 Å². The van der Waals surface area contributed by atoms with Crippen LogP contribution in [0, 0.1) is 5.92 Å². The van der Waals surface area contributed by atoms with Gasteiger partial charge in [-0.2, -0.15) is 0 Å². The van der Waals surface area contributed by atoms with Crippen LogP contribution in [-0.2, 0) is 6.42 Å². The van der Waals surface area contributed by atoms with Crippen molar-refractivity contribution in [3.05, 3.63) is 36.4 Å². The Kier molecular flexibility index (Phi) is 3.83. The van der Waals surface area contributed by atoms with Crippen molar-refractivity contribution in [1.29, 1.82) is 0 Å². The van der Waals surface area contributed by atoms with Crippen LogP contribution in [0.3, 0.4) is 0 Å². The Balaban J connectivity index is 1.63. The summed E-state index contributed by atoms with van der Waals surface area (Å²) >= 11 is 0. The van der Waals surface area contributed by atoms with Crippen molar-refractivity contribution in [2.75, 3.05) is 0 Å². The molecule has 0 bridgehead atoms. The molecule has 1 saturated carbocycles. The Bertz CT molecular complexity index is 528. The highest BCUT2D eigenvalue weighted by atomic mass is 16.3. The maximum Gasteiger partial charge on any atom is 0.0992 e. The summed E-state index contributed by atoms with van der Waals surface area (Å²) < 4.78 is 2.04. The first-order valence-electron chi connectivity index (χ1n) is 7.42. The van der Waals surface area contributed by atoms with Gasteiger partial charge in [0.25, 0.3) is 0 Å². The zero-order valence-corrected chi connectivity index (χ0v) is 11.3. The van der Waals surface area contributed by atoms with E-state index in [-0.39, 0.29) is 6.10 Å². The Morgan fingerprint density at radius 2 is 2.16 bits per heavy atom. The lowest BCUT2D eigenvalue weighted by atomic mass is 9.83. The maximum atomic E-state index is 10.3. The van der Waals surface area contributed by atoms with Crippen molar-refractivity contribution < 1.29 is 5.11 Å². The van der Waals surface area contributed by atoms with Crippen LogP contribution in [0.15, 0.2) is 30.9 Å². The molecule has 1 aliphatic carbocycles. The molecule has 102 valence electrons. The fourth-order valence-electron chi connectivity index (χ4n) is 3.28. The Hall–Kier alpha value is -1.35. The molecule has 3 rings (SSSR count). The molecule has 0 spiro atoms. The summed E-state index contributed by atoms with van der Waals surface area (Å²) in [6.45, 7) is 0. The van der Waals surface area contributed by atoms with Gasteiger partial charge < -0.3 is 9.51 Å². The molecule has 3 heteroatoms. The minimum atomic E-state index is -0.136. The molecule has 1 N–H and O–H groups in total. The molecule has 3 nitrogen and oxygen atoms in total. The molecular formula is C16H22N2O. The zero-order chi connectivity index (χ0) is 13.1. The first-order valence-corrected chi connectivity index (χ1v) is 7.42. The van der Waals surface area contributed by atoms with Crippen LogP contribution in [0.5, 0.6) is 0 Å². The molecule has 0 saturated heterocycles. The molecule has 19 heavy (non-hydrogen) atoms. The Labute approximate surface area is 114 Å². The van der Waals surface area contributed by atoms with Crippen LogP contribution < -0.4 is 0 Å². The van der Waals surface area contributed by atoms with Crippen molar-refractivity contribution >= 4 is 5.52 Å². The SMILES string of the molecule is OC(CCc1cccn2cncc12)C1CCCCC1. The monoisotopic (exact) mass is 258 g/mol. The normalized spacial score (nSPS) is 18.8. The summed E-state index contributed by atoms with van der Waals surface area (Å²) in [7, 11) is 0. The van der Waals surface area contributed by atoms with Gasteiger partial charge in [-0.05, 0) is 43.2 Å². The van der Waals surface area contributed by atoms with Gasteiger partial charge in [-0.15, -0.1) is 0 Å². The van der Waals surface area contributed by atoms with E-state index < -0.39 is 0 Å². The number of hydrogen-bond donors (Lipinski definition) is 1.